The van der Waals surface area contributed by atoms with Gasteiger partial charge in [0.05, 0.1) is 5.33 Å². The zero-order valence-corrected chi connectivity index (χ0v) is 9.21. The van der Waals surface area contributed by atoms with Gasteiger partial charge in [-0.2, -0.15) is 0 Å². The monoisotopic (exact) mass is 242 g/mol. The van der Waals surface area contributed by atoms with Gasteiger partial charge in [0, 0.05) is 25.9 Å². The van der Waals surface area contributed by atoms with Gasteiger partial charge in [-0.15, -0.1) is 0 Å². The van der Waals surface area contributed by atoms with Gasteiger partial charge in [-0.3, -0.25) is 4.79 Å². The Morgan fingerprint density at radius 2 is 2.23 bits per heavy atom. The Morgan fingerprint density at radius 3 is 2.62 bits per heavy atom. The first-order chi connectivity index (χ1) is 6.15. The highest BCUT2D eigenvalue weighted by Crippen LogP contribution is 2.08. The number of Topliss-reactive ketones (excluding diaryl/α,β-unsaturated/α-hetero) is 1. The second-order valence-corrected chi connectivity index (χ2v) is 3.42. The van der Waals surface area contributed by atoms with E-state index in [1.165, 1.54) is 0 Å². The number of alkyl halides is 1. The Bertz CT molecular complexity index is 295. The van der Waals surface area contributed by atoms with Gasteiger partial charge in [-0.25, -0.2) is 4.98 Å². The third-order valence-electron chi connectivity index (χ3n) is 1.65. The normalized spacial score (nSPS) is 9.77. The predicted octanol–water partition coefficient (Wildman–Crippen LogP) is 1.73. The number of carbonyl (C=O) groups excluding carboxylic acids is 1. The van der Waals surface area contributed by atoms with Crippen molar-refractivity contribution in [2.75, 3.05) is 24.3 Å². The first-order valence-electron chi connectivity index (χ1n) is 3.87. The fourth-order valence-corrected chi connectivity index (χ4v) is 1.22. The van der Waals surface area contributed by atoms with Gasteiger partial charge in [0.25, 0.3) is 0 Å². The SMILES string of the molecule is CN(C)c1ccc(C(=O)CBr)cn1. The van der Waals surface area contributed by atoms with Crippen LogP contribution in [0.5, 0.6) is 0 Å². The van der Waals surface area contributed by atoms with Crippen LogP contribution in [0.15, 0.2) is 18.3 Å². The smallest absolute Gasteiger partial charge is 0.174 e. The number of hydrogen-bond donors (Lipinski definition) is 0. The molecule has 0 aromatic carbocycles. The number of ketones is 1. The fourth-order valence-electron chi connectivity index (χ4n) is 0.893. The number of aromatic nitrogens is 1. The maximum Gasteiger partial charge on any atom is 0.174 e. The molecular weight excluding hydrogens is 232 g/mol. The summed E-state index contributed by atoms with van der Waals surface area (Å²) >= 11 is 3.11. The van der Waals surface area contributed by atoms with E-state index in [1.54, 1.807) is 12.3 Å². The minimum Gasteiger partial charge on any atom is -0.363 e. The molecule has 0 amide bonds. The second-order valence-electron chi connectivity index (χ2n) is 2.86. The zero-order chi connectivity index (χ0) is 9.84. The average Bonchev–Trinajstić information content (AvgIpc) is 2.17. The van der Waals surface area contributed by atoms with Crippen molar-refractivity contribution < 1.29 is 4.79 Å². The van der Waals surface area contributed by atoms with E-state index in [2.05, 4.69) is 20.9 Å². The Hall–Kier alpha value is -0.900. The molecule has 0 radical (unpaired) electrons. The molecule has 0 aliphatic rings. The Kier molecular flexibility index (Phi) is 3.42. The van der Waals surface area contributed by atoms with Gasteiger partial charge in [-0.05, 0) is 12.1 Å². The molecule has 0 saturated heterocycles. The van der Waals surface area contributed by atoms with Crippen LogP contribution in [0.2, 0.25) is 0 Å². The molecule has 4 heteroatoms. The topological polar surface area (TPSA) is 33.2 Å². The first kappa shape index (κ1) is 10.2. The summed E-state index contributed by atoms with van der Waals surface area (Å²) in [6.07, 6.45) is 1.60. The van der Waals surface area contributed by atoms with Gasteiger partial charge < -0.3 is 4.90 Å². The molecule has 0 saturated carbocycles. The van der Waals surface area contributed by atoms with Crippen molar-refractivity contribution in [2.45, 2.75) is 0 Å². The molecule has 0 bridgehead atoms. The van der Waals surface area contributed by atoms with E-state index in [0.717, 1.165) is 5.82 Å². The quantitative estimate of drug-likeness (QED) is 0.598. The largest absolute Gasteiger partial charge is 0.363 e. The minimum absolute atomic E-state index is 0.0535. The van der Waals surface area contributed by atoms with Gasteiger partial charge >= 0.3 is 0 Å². The lowest BCUT2D eigenvalue weighted by atomic mass is 10.2. The summed E-state index contributed by atoms with van der Waals surface area (Å²) in [6.45, 7) is 0. The van der Waals surface area contributed by atoms with E-state index in [4.69, 9.17) is 0 Å². The predicted molar refractivity (Wildman–Crippen MR) is 56.7 cm³/mol. The molecule has 1 aromatic rings. The lowest BCUT2D eigenvalue weighted by Gasteiger charge is -2.10. The van der Waals surface area contributed by atoms with Crippen molar-refractivity contribution >= 4 is 27.5 Å². The molecule has 0 N–H and O–H groups in total. The molecule has 1 rings (SSSR count). The van der Waals surface area contributed by atoms with Crippen LogP contribution in [0.4, 0.5) is 5.82 Å². The number of halogens is 1. The highest BCUT2D eigenvalue weighted by Gasteiger charge is 2.04. The van der Waals surface area contributed by atoms with Crippen molar-refractivity contribution in [3.05, 3.63) is 23.9 Å². The van der Waals surface area contributed by atoms with E-state index in [1.807, 2.05) is 25.1 Å². The second kappa shape index (κ2) is 4.37. The Balaban J connectivity index is 2.87. The molecule has 0 fully saturated rings. The zero-order valence-electron chi connectivity index (χ0n) is 7.62. The van der Waals surface area contributed by atoms with Crippen LogP contribution in [0.25, 0.3) is 0 Å². The average molecular weight is 243 g/mol. The molecule has 0 aliphatic carbocycles. The lowest BCUT2D eigenvalue weighted by molar-refractivity contribution is 0.102. The Labute approximate surface area is 85.9 Å². The van der Waals surface area contributed by atoms with Crippen molar-refractivity contribution in [3.63, 3.8) is 0 Å². The van der Waals surface area contributed by atoms with E-state index < -0.39 is 0 Å². The summed E-state index contributed by atoms with van der Waals surface area (Å²) in [5.74, 6) is 0.906. The number of nitrogens with zero attached hydrogens (tertiary/aromatic N) is 2. The van der Waals surface area contributed by atoms with Crippen LogP contribution >= 0.6 is 15.9 Å². The van der Waals surface area contributed by atoms with Gasteiger partial charge in [0.1, 0.15) is 5.82 Å². The van der Waals surface area contributed by atoms with Crippen LogP contribution in [-0.2, 0) is 0 Å². The van der Waals surface area contributed by atoms with Gasteiger partial charge in [-0.1, -0.05) is 15.9 Å². The summed E-state index contributed by atoms with van der Waals surface area (Å²) in [4.78, 5) is 17.2. The van der Waals surface area contributed by atoms with E-state index in [0.29, 0.717) is 10.9 Å². The summed E-state index contributed by atoms with van der Waals surface area (Å²) in [6, 6.07) is 3.61. The lowest BCUT2D eigenvalue weighted by Crippen LogP contribution is -2.11. The highest BCUT2D eigenvalue weighted by molar-refractivity contribution is 9.09. The van der Waals surface area contributed by atoms with Crippen molar-refractivity contribution in [2.24, 2.45) is 0 Å². The molecule has 1 heterocycles. The third-order valence-corrected chi connectivity index (χ3v) is 2.16. The number of rotatable bonds is 3. The molecule has 0 aliphatic heterocycles. The molecular formula is C9H11BrN2O. The van der Waals surface area contributed by atoms with Crippen LogP contribution in [0.1, 0.15) is 10.4 Å². The molecule has 0 unspecified atom stereocenters. The third kappa shape index (κ3) is 2.52. The van der Waals surface area contributed by atoms with Crippen molar-refractivity contribution in [3.8, 4) is 0 Å². The maximum atomic E-state index is 11.2. The van der Waals surface area contributed by atoms with E-state index >= 15 is 0 Å². The molecule has 0 atom stereocenters. The number of hydrogen-bond acceptors (Lipinski definition) is 3. The summed E-state index contributed by atoms with van der Waals surface area (Å²) < 4.78 is 0. The van der Waals surface area contributed by atoms with Gasteiger partial charge in [0.15, 0.2) is 5.78 Å². The maximum absolute atomic E-state index is 11.2. The fraction of sp³-hybridized carbons (Fsp3) is 0.333. The molecule has 1 aromatic heterocycles. The standard InChI is InChI=1S/C9H11BrN2O/c1-12(2)9-4-3-7(6-11-9)8(13)5-10/h3-4,6H,5H2,1-2H3. The first-order valence-corrected chi connectivity index (χ1v) is 5.00. The van der Waals surface area contributed by atoms with Crippen molar-refractivity contribution in [1.82, 2.24) is 4.98 Å². The number of anilines is 1. The highest BCUT2D eigenvalue weighted by atomic mass is 79.9. The number of carbonyl (C=O) groups is 1. The molecule has 3 nitrogen and oxygen atoms in total. The summed E-state index contributed by atoms with van der Waals surface area (Å²) in [7, 11) is 3.82. The van der Waals surface area contributed by atoms with E-state index in [-0.39, 0.29) is 5.78 Å². The minimum atomic E-state index is 0.0535. The molecule has 0 spiro atoms. The number of pyridine rings is 1. The summed E-state index contributed by atoms with van der Waals surface area (Å²) in [5.41, 5.74) is 0.641. The van der Waals surface area contributed by atoms with Crippen molar-refractivity contribution in [1.29, 1.82) is 0 Å². The van der Waals surface area contributed by atoms with Crippen LogP contribution in [0.3, 0.4) is 0 Å². The van der Waals surface area contributed by atoms with Crippen LogP contribution < -0.4 is 4.90 Å². The van der Waals surface area contributed by atoms with E-state index in [9.17, 15) is 4.79 Å². The molecule has 70 valence electrons. The summed E-state index contributed by atoms with van der Waals surface area (Å²) in [5, 5.41) is 0.343. The van der Waals surface area contributed by atoms with Gasteiger partial charge in [0.2, 0.25) is 0 Å². The molecule has 13 heavy (non-hydrogen) atoms. The Morgan fingerprint density at radius 1 is 1.54 bits per heavy atom. The van der Waals surface area contributed by atoms with Crippen LogP contribution in [-0.4, -0.2) is 30.2 Å². The van der Waals surface area contributed by atoms with Crippen LogP contribution in [0, 0.1) is 0 Å².